The smallest absolute Gasteiger partial charge is 0.223 e. The number of aryl methyl sites for hydroxylation is 2. The Labute approximate surface area is 186 Å². The lowest BCUT2D eigenvalue weighted by atomic mass is 10.1. The van der Waals surface area contributed by atoms with Crippen LogP contribution >= 0.6 is 11.3 Å². The number of carbonyl (C=O) groups is 1. The lowest BCUT2D eigenvalue weighted by Gasteiger charge is -2.36. The number of amides is 1. The maximum absolute atomic E-state index is 12.8. The van der Waals surface area contributed by atoms with Crippen molar-refractivity contribution >= 4 is 27.9 Å². The minimum atomic E-state index is 0.242. The Morgan fingerprint density at radius 2 is 1.84 bits per heavy atom. The predicted octanol–water partition coefficient (Wildman–Crippen LogP) is 4.65. The number of anilines is 1. The number of imidazole rings is 1. The first-order chi connectivity index (χ1) is 15.2. The van der Waals surface area contributed by atoms with Gasteiger partial charge in [0.05, 0.1) is 5.69 Å². The number of piperazine rings is 1. The highest BCUT2D eigenvalue weighted by molar-refractivity contribution is 7.15. The molecule has 3 heterocycles. The monoisotopic (exact) mass is 430 g/mol. The molecule has 6 heteroatoms. The van der Waals surface area contributed by atoms with E-state index in [1.54, 1.807) is 11.3 Å². The van der Waals surface area contributed by atoms with Gasteiger partial charge in [-0.2, -0.15) is 0 Å². The molecule has 2 aromatic carbocycles. The summed E-state index contributed by atoms with van der Waals surface area (Å²) in [5.74, 6) is 0.242. The molecule has 0 bridgehead atoms. The number of rotatable bonds is 5. The topological polar surface area (TPSA) is 40.8 Å². The number of nitrogens with zero attached hydrogens (tertiary/aromatic N) is 4. The minimum absolute atomic E-state index is 0.242. The van der Waals surface area contributed by atoms with Crippen LogP contribution in [0.3, 0.4) is 0 Å². The van der Waals surface area contributed by atoms with E-state index in [-0.39, 0.29) is 5.91 Å². The van der Waals surface area contributed by atoms with Gasteiger partial charge in [0.15, 0.2) is 4.96 Å². The van der Waals surface area contributed by atoms with Crippen molar-refractivity contribution in [1.82, 2.24) is 14.3 Å². The van der Waals surface area contributed by atoms with Crippen LogP contribution in [0.1, 0.15) is 17.7 Å². The van der Waals surface area contributed by atoms with Crippen LogP contribution in [-0.2, 0) is 11.2 Å². The Balaban J connectivity index is 1.19. The quantitative estimate of drug-likeness (QED) is 0.463. The molecule has 1 saturated heterocycles. The number of carbonyl (C=O) groups excluding carboxylic acids is 1. The molecule has 1 aliphatic heterocycles. The average Bonchev–Trinajstić information content (AvgIpc) is 3.39. The molecule has 1 amide bonds. The Morgan fingerprint density at radius 1 is 1.03 bits per heavy atom. The molecular formula is C25H26N4OS. The van der Waals surface area contributed by atoms with Gasteiger partial charge in [-0.25, -0.2) is 4.98 Å². The zero-order valence-corrected chi connectivity index (χ0v) is 18.5. The van der Waals surface area contributed by atoms with Crippen LogP contribution in [0, 0.1) is 6.92 Å². The molecule has 0 spiro atoms. The molecule has 4 aromatic rings. The molecule has 2 aromatic heterocycles. The van der Waals surface area contributed by atoms with E-state index in [0.717, 1.165) is 54.5 Å². The van der Waals surface area contributed by atoms with Gasteiger partial charge in [-0.1, -0.05) is 42.5 Å². The van der Waals surface area contributed by atoms with Crippen molar-refractivity contribution in [3.8, 4) is 11.3 Å². The maximum Gasteiger partial charge on any atom is 0.223 e. The second-order valence-corrected chi connectivity index (χ2v) is 8.92. The Kier molecular flexibility index (Phi) is 5.47. The summed E-state index contributed by atoms with van der Waals surface area (Å²) in [6.45, 7) is 5.47. The third-order valence-corrected chi connectivity index (χ3v) is 6.84. The number of fused-ring (bicyclic) bond motifs is 1. The van der Waals surface area contributed by atoms with E-state index >= 15 is 0 Å². The van der Waals surface area contributed by atoms with Crippen LogP contribution in [-0.4, -0.2) is 46.4 Å². The van der Waals surface area contributed by atoms with Gasteiger partial charge in [0.2, 0.25) is 5.91 Å². The molecule has 0 N–H and O–H groups in total. The van der Waals surface area contributed by atoms with E-state index in [0.29, 0.717) is 6.42 Å². The molecule has 0 atom stereocenters. The summed E-state index contributed by atoms with van der Waals surface area (Å²) in [7, 11) is 0. The third kappa shape index (κ3) is 4.21. The number of benzene rings is 2. The van der Waals surface area contributed by atoms with Crippen LogP contribution in [0.2, 0.25) is 0 Å². The highest BCUT2D eigenvalue weighted by Crippen LogP contribution is 2.24. The van der Waals surface area contributed by atoms with E-state index < -0.39 is 0 Å². The van der Waals surface area contributed by atoms with Gasteiger partial charge in [-0.3, -0.25) is 9.20 Å². The van der Waals surface area contributed by atoms with E-state index in [1.165, 1.54) is 11.3 Å². The van der Waals surface area contributed by atoms with Gasteiger partial charge < -0.3 is 9.80 Å². The van der Waals surface area contributed by atoms with Crippen LogP contribution in [0.5, 0.6) is 0 Å². The first-order valence-electron chi connectivity index (χ1n) is 10.8. The summed E-state index contributed by atoms with van der Waals surface area (Å²) in [6.07, 6.45) is 3.36. The lowest BCUT2D eigenvalue weighted by molar-refractivity contribution is -0.131. The molecular weight excluding hydrogens is 404 g/mol. The fourth-order valence-electron chi connectivity index (χ4n) is 4.19. The van der Waals surface area contributed by atoms with E-state index in [2.05, 4.69) is 64.2 Å². The van der Waals surface area contributed by atoms with E-state index in [4.69, 9.17) is 4.98 Å². The van der Waals surface area contributed by atoms with Crippen LogP contribution in [0.4, 0.5) is 5.69 Å². The van der Waals surface area contributed by atoms with Crippen molar-refractivity contribution in [1.29, 1.82) is 0 Å². The minimum Gasteiger partial charge on any atom is -0.368 e. The molecule has 1 fully saturated rings. The van der Waals surface area contributed by atoms with Gasteiger partial charge in [0.25, 0.3) is 0 Å². The second kappa shape index (κ2) is 8.55. The van der Waals surface area contributed by atoms with Crippen molar-refractivity contribution in [2.75, 3.05) is 31.1 Å². The molecule has 31 heavy (non-hydrogen) atoms. The Morgan fingerprint density at radius 3 is 2.61 bits per heavy atom. The summed E-state index contributed by atoms with van der Waals surface area (Å²) in [4.78, 5) is 22.9. The largest absolute Gasteiger partial charge is 0.368 e. The summed E-state index contributed by atoms with van der Waals surface area (Å²) in [5, 5.41) is 2.13. The van der Waals surface area contributed by atoms with Gasteiger partial charge in [0.1, 0.15) is 0 Å². The molecule has 158 valence electrons. The summed E-state index contributed by atoms with van der Waals surface area (Å²) < 4.78 is 2.13. The summed E-state index contributed by atoms with van der Waals surface area (Å²) >= 11 is 1.64. The molecule has 5 nitrogen and oxygen atoms in total. The number of hydrogen-bond donors (Lipinski definition) is 0. The van der Waals surface area contributed by atoms with Crippen molar-refractivity contribution in [3.63, 3.8) is 0 Å². The summed E-state index contributed by atoms with van der Waals surface area (Å²) in [6, 6.07) is 18.8. The SMILES string of the molecule is Cc1cccc(N2CCN(C(=O)CCc3csc4nc(-c5ccccc5)cn34)CC2)c1. The normalized spacial score (nSPS) is 14.4. The Bertz CT molecular complexity index is 1190. The van der Waals surface area contributed by atoms with Crippen LogP contribution in [0.15, 0.2) is 66.2 Å². The standard InChI is InChI=1S/C25H26N4OS/c1-19-6-5-9-21(16-19)27-12-14-28(15-13-27)24(30)11-10-22-18-31-25-26-23(17-29(22)25)20-7-3-2-4-8-20/h2-9,16-18H,10-15H2,1H3. The lowest BCUT2D eigenvalue weighted by Crippen LogP contribution is -2.48. The van der Waals surface area contributed by atoms with Crippen molar-refractivity contribution < 1.29 is 4.79 Å². The molecule has 0 aliphatic carbocycles. The molecule has 0 saturated carbocycles. The first-order valence-corrected chi connectivity index (χ1v) is 11.7. The predicted molar refractivity (Wildman–Crippen MR) is 127 cm³/mol. The molecule has 0 unspecified atom stereocenters. The average molecular weight is 431 g/mol. The first kappa shape index (κ1) is 19.8. The van der Waals surface area contributed by atoms with Crippen molar-refractivity contribution in [2.45, 2.75) is 19.8 Å². The number of hydrogen-bond acceptors (Lipinski definition) is 4. The number of thiazole rings is 1. The Hall–Kier alpha value is -3.12. The molecule has 1 aliphatic rings. The highest BCUT2D eigenvalue weighted by atomic mass is 32.1. The molecule has 0 radical (unpaired) electrons. The highest BCUT2D eigenvalue weighted by Gasteiger charge is 2.21. The van der Waals surface area contributed by atoms with Crippen molar-refractivity contribution in [2.24, 2.45) is 0 Å². The second-order valence-electron chi connectivity index (χ2n) is 8.08. The van der Waals surface area contributed by atoms with Crippen LogP contribution < -0.4 is 4.90 Å². The van der Waals surface area contributed by atoms with Gasteiger partial charge in [0, 0.05) is 61.1 Å². The maximum atomic E-state index is 12.8. The van der Waals surface area contributed by atoms with Gasteiger partial charge in [-0.15, -0.1) is 11.3 Å². The van der Waals surface area contributed by atoms with E-state index in [9.17, 15) is 4.79 Å². The van der Waals surface area contributed by atoms with Gasteiger partial charge in [-0.05, 0) is 31.0 Å². The fraction of sp³-hybridized carbons (Fsp3) is 0.280. The zero-order valence-electron chi connectivity index (χ0n) is 17.7. The fourth-order valence-corrected chi connectivity index (χ4v) is 5.10. The van der Waals surface area contributed by atoms with Crippen LogP contribution in [0.25, 0.3) is 16.2 Å². The number of aromatic nitrogens is 2. The molecule has 5 rings (SSSR count). The van der Waals surface area contributed by atoms with Gasteiger partial charge >= 0.3 is 0 Å². The zero-order chi connectivity index (χ0) is 21.2. The van der Waals surface area contributed by atoms with Crippen molar-refractivity contribution in [3.05, 3.63) is 77.4 Å². The third-order valence-electron chi connectivity index (χ3n) is 5.95. The summed E-state index contributed by atoms with van der Waals surface area (Å²) in [5.41, 5.74) is 5.77. The van der Waals surface area contributed by atoms with E-state index in [1.807, 2.05) is 23.1 Å².